The summed E-state index contributed by atoms with van der Waals surface area (Å²) in [6, 6.07) is 12.7. The maximum absolute atomic E-state index is 12.9. The van der Waals surface area contributed by atoms with Gasteiger partial charge < -0.3 is 10.1 Å². The van der Waals surface area contributed by atoms with Gasteiger partial charge in [0.05, 0.1) is 24.8 Å². The van der Waals surface area contributed by atoms with Gasteiger partial charge in [-0.05, 0) is 50.1 Å². The highest BCUT2D eigenvalue weighted by Gasteiger charge is 2.28. The van der Waals surface area contributed by atoms with Crippen LogP contribution in [-0.4, -0.2) is 37.1 Å². The van der Waals surface area contributed by atoms with E-state index in [1.165, 1.54) is 0 Å². The van der Waals surface area contributed by atoms with Crippen molar-refractivity contribution in [1.82, 2.24) is 5.32 Å². The van der Waals surface area contributed by atoms with Gasteiger partial charge in [0.15, 0.2) is 5.78 Å². The molecule has 0 aromatic heterocycles. The Bertz CT molecular complexity index is 929. The minimum atomic E-state index is -0.263. The highest BCUT2D eigenvalue weighted by molar-refractivity contribution is 6.17. The number of ether oxygens (including phenoxy) is 1. The number of amides is 1. The van der Waals surface area contributed by atoms with Gasteiger partial charge in [-0.25, -0.2) is 0 Å². The molecule has 1 heterocycles. The number of fused-ring (bicyclic) bond motifs is 1. The molecule has 0 atom stereocenters. The van der Waals surface area contributed by atoms with Gasteiger partial charge in [0.25, 0.3) is 5.91 Å². The first-order valence-corrected chi connectivity index (χ1v) is 8.94. The van der Waals surface area contributed by atoms with E-state index < -0.39 is 0 Å². The number of carbonyl (C=O) groups is 2. The van der Waals surface area contributed by atoms with E-state index in [0.717, 1.165) is 29.0 Å². The van der Waals surface area contributed by atoms with Crippen molar-refractivity contribution in [2.45, 2.75) is 32.2 Å². The third-order valence-corrected chi connectivity index (χ3v) is 4.69. The second-order valence-corrected chi connectivity index (χ2v) is 7.33. The second kappa shape index (κ2) is 7.35. The predicted octanol–water partition coefficient (Wildman–Crippen LogP) is 3.45. The number of hydrogen-bond donors (Lipinski definition) is 1. The van der Waals surface area contributed by atoms with Crippen molar-refractivity contribution in [3.8, 4) is 5.75 Å². The van der Waals surface area contributed by atoms with Crippen molar-refractivity contribution < 1.29 is 14.3 Å². The fraction of sp³-hybridized carbons (Fsp3) is 0.318. The molecule has 1 aliphatic rings. The molecule has 0 saturated heterocycles. The van der Waals surface area contributed by atoms with E-state index in [1.54, 1.807) is 38.4 Å². The molecule has 0 fully saturated rings. The lowest BCUT2D eigenvalue weighted by Gasteiger charge is -2.29. The summed E-state index contributed by atoms with van der Waals surface area (Å²) in [5, 5.41) is 2.58. The maximum Gasteiger partial charge on any atom is 0.251 e. The van der Waals surface area contributed by atoms with E-state index in [-0.39, 0.29) is 23.7 Å². The lowest BCUT2D eigenvalue weighted by molar-refractivity contribution is 0.0963. The number of aliphatic imine (C=N–C) groups is 1. The summed E-state index contributed by atoms with van der Waals surface area (Å²) in [7, 11) is 3.20. The molecule has 2 aromatic rings. The first kappa shape index (κ1) is 18.8. The standard InChI is InChI=1S/C22H24N2O3/c1-22(2)13-16-8-9-17(27-4)11-18(16)19(24-22)12-20(25)14-6-5-7-15(10-14)21(26)23-3/h5-11H,12-13H2,1-4H3,(H,23,26). The van der Waals surface area contributed by atoms with Crippen molar-refractivity contribution in [2.75, 3.05) is 14.2 Å². The summed E-state index contributed by atoms with van der Waals surface area (Å²) < 4.78 is 5.34. The monoisotopic (exact) mass is 364 g/mol. The maximum atomic E-state index is 12.9. The van der Waals surface area contributed by atoms with Gasteiger partial charge in [0.1, 0.15) is 5.75 Å². The van der Waals surface area contributed by atoms with Gasteiger partial charge in [-0.2, -0.15) is 0 Å². The number of benzene rings is 2. The average Bonchev–Trinajstić information content (AvgIpc) is 2.66. The van der Waals surface area contributed by atoms with Crippen molar-refractivity contribution in [2.24, 2.45) is 4.99 Å². The molecule has 2 aromatic carbocycles. The summed E-state index contributed by atoms with van der Waals surface area (Å²) in [5.41, 5.74) is 3.60. The third kappa shape index (κ3) is 4.08. The van der Waals surface area contributed by atoms with Gasteiger partial charge in [0, 0.05) is 23.7 Å². The summed E-state index contributed by atoms with van der Waals surface area (Å²) in [5.74, 6) is 0.470. The molecule has 1 aliphatic heterocycles. The lowest BCUT2D eigenvalue weighted by atomic mass is 9.85. The molecule has 5 nitrogen and oxygen atoms in total. The molecule has 0 spiro atoms. The van der Waals surface area contributed by atoms with Crippen LogP contribution in [-0.2, 0) is 6.42 Å². The molecule has 1 amide bonds. The van der Waals surface area contributed by atoms with Crippen LogP contribution in [0, 0.1) is 0 Å². The largest absolute Gasteiger partial charge is 0.497 e. The number of ketones is 1. The summed E-state index contributed by atoms with van der Waals surface area (Å²) >= 11 is 0. The lowest BCUT2D eigenvalue weighted by Crippen LogP contribution is -2.30. The van der Waals surface area contributed by atoms with Crippen molar-refractivity contribution in [3.05, 3.63) is 64.7 Å². The Morgan fingerprint density at radius 3 is 2.59 bits per heavy atom. The second-order valence-electron chi connectivity index (χ2n) is 7.33. The Labute approximate surface area is 159 Å². The van der Waals surface area contributed by atoms with Crippen LogP contribution in [0.25, 0.3) is 0 Å². The molecule has 1 N–H and O–H groups in total. The Kier molecular flexibility index (Phi) is 5.13. The Hall–Kier alpha value is -2.95. The van der Waals surface area contributed by atoms with Crippen LogP contribution in [0.1, 0.15) is 52.1 Å². The highest BCUT2D eigenvalue weighted by Crippen LogP contribution is 2.31. The van der Waals surface area contributed by atoms with Crippen LogP contribution < -0.4 is 10.1 Å². The van der Waals surface area contributed by atoms with Crippen molar-refractivity contribution >= 4 is 17.4 Å². The number of methoxy groups -OCH3 is 1. The molecule has 140 valence electrons. The fourth-order valence-corrected chi connectivity index (χ4v) is 3.40. The first-order chi connectivity index (χ1) is 12.8. The fourth-order valence-electron chi connectivity index (χ4n) is 3.40. The number of Topliss-reactive ketones (excluding diaryl/α,β-unsaturated/α-hetero) is 1. The van der Waals surface area contributed by atoms with Gasteiger partial charge >= 0.3 is 0 Å². The van der Waals surface area contributed by atoms with Gasteiger partial charge in [0.2, 0.25) is 0 Å². The highest BCUT2D eigenvalue weighted by atomic mass is 16.5. The average molecular weight is 364 g/mol. The van der Waals surface area contributed by atoms with E-state index in [0.29, 0.717) is 11.1 Å². The third-order valence-electron chi connectivity index (χ3n) is 4.69. The van der Waals surface area contributed by atoms with E-state index in [4.69, 9.17) is 9.73 Å². The zero-order valence-electron chi connectivity index (χ0n) is 16.1. The minimum absolute atomic E-state index is 0.0639. The Morgan fingerprint density at radius 1 is 1.15 bits per heavy atom. The SMILES string of the molecule is CNC(=O)c1cccc(C(=O)CC2=NC(C)(C)Cc3ccc(OC)cc32)c1. The summed E-state index contributed by atoms with van der Waals surface area (Å²) in [4.78, 5) is 29.6. The minimum Gasteiger partial charge on any atom is -0.497 e. The van der Waals surface area contributed by atoms with Crippen LogP contribution >= 0.6 is 0 Å². The summed E-state index contributed by atoms with van der Waals surface area (Å²) in [6.07, 6.45) is 0.997. The van der Waals surface area contributed by atoms with Gasteiger partial charge in [-0.3, -0.25) is 14.6 Å². The molecular weight excluding hydrogens is 340 g/mol. The predicted molar refractivity (Wildman–Crippen MR) is 106 cm³/mol. The number of carbonyl (C=O) groups excluding carboxylic acids is 2. The molecule has 0 saturated carbocycles. The Balaban J connectivity index is 1.93. The van der Waals surface area contributed by atoms with Gasteiger partial charge in [-0.15, -0.1) is 0 Å². The number of hydrogen-bond acceptors (Lipinski definition) is 4. The van der Waals surface area contributed by atoms with Crippen LogP contribution in [0.15, 0.2) is 47.5 Å². The number of rotatable bonds is 5. The molecule has 0 radical (unpaired) electrons. The van der Waals surface area contributed by atoms with Crippen LogP contribution in [0.3, 0.4) is 0 Å². The summed E-state index contributed by atoms with van der Waals surface area (Å²) in [6.45, 7) is 4.13. The van der Waals surface area contributed by atoms with Gasteiger partial charge in [-0.1, -0.05) is 18.2 Å². The van der Waals surface area contributed by atoms with Crippen LogP contribution in [0.5, 0.6) is 5.75 Å². The normalized spacial score (nSPS) is 14.7. The van der Waals surface area contributed by atoms with Crippen molar-refractivity contribution in [3.63, 3.8) is 0 Å². The quantitative estimate of drug-likeness (QED) is 0.826. The first-order valence-electron chi connectivity index (χ1n) is 8.94. The molecule has 0 bridgehead atoms. The van der Waals surface area contributed by atoms with Crippen LogP contribution in [0.4, 0.5) is 0 Å². The zero-order chi connectivity index (χ0) is 19.6. The molecular formula is C22H24N2O3. The zero-order valence-corrected chi connectivity index (χ0v) is 16.1. The topological polar surface area (TPSA) is 67.8 Å². The molecule has 0 unspecified atom stereocenters. The van der Waals surface area contributed by atoms with E-state index in [1.807, 2.05) is 18.2 Å². The number of nitrogens with one attached hydrogen (secondary N) is 1. The molecule has 3 rings (SSSR count). The van der Waals surface area contributed by atoms with Crippen molar-refractivity contribution in [1.29, 1.82) is 0 Å². The Morgan fingerprint density at radius 2 is 1.89 bits per heavy atom. The van der Waals surface area contributed by atoms with Crippen LogP contribution in [0.2, 0.25) is 0 Å². The smallest absolute Gasteiger partial charge is 0.251 e. The molecule has 0 aliphatic carbocycles. The van der Waals surface area contributed by atoms with E-state index >= 15 is 0 Å². The van der Waals surface area contributed by atoms with E-state index in [2.05, 4.69) is 19.2 Å². The molecule has 5 heteroatoms. The van der Waals surface area contributed by atoms with E-state index in [9.17, 15) is 9.59 Å². The number of nitrogens with zero attached hydrogens (tertiary/aromatic N) is 1. The molecule has 27 heavy (non-hydrogen) atoms.